The number of carbonyl (C=O) groups excluding carboxylic acids is 1. The Hall–Kier alpha value is -3.35. The maximum absolute atomic E-state index is 13.5. The van der Waals surface area contributed by atoms with E-state index in [9.17, 15) is 9.18 Å². The number of hydrogen-bond acceptors (Lipinski definition) is 2. The average Bonchev–Trinajstić information content (AvgIpc) is 3.14. The Balaban J connectivity index is 1.35. The molecule has 4 N–H and O–H groups in total. The van der Waals surface area contributed by atoms with E-state index in [1.807, 2.05) is 24.4 Å². The van der Waals surface area contributed by atoms with E-state index in [-0.39, 0.29) is 11.7 Å². The molecule has 0 radical (unpaired) electrons. The van der Waals surface area contributed by atoms with Crippen molar-refractivity contribution in [3.8, 4) is 0 Å². The van der Waals surface area contributed by atoms with E-state index >= 15 is 0 Å². The number of benzene rings is 2. The third-order valence-electron chi connectivity index (χ3n) is 4.61. The topological polar surface area (TPSA) is 81.3 Å². The predicted molar refractivity (Wildman–Crippen MR) is 115 cm³/mol. The number of amides is 1. The van der Waals surface area contributed by atoms with E-state index in [0.29, 0.717) is 31.2 Å². The largest absolute Gasteiger partial charge is 0.361 e. The van der Waals surface area contributed by atoms with E-state index in [0.717, 1.165) is 29.3 Å². The lowest BCUT2D eigenvalue weighted by atomic mass is 10.1. The van der Waals surface area contributed by atoms with Crippen molar-refractivity contribution in [3.05, 3.63) is 71.7 Å². The van der Waals surface area contributed by atoms with E-state index in [2.05, 4.69) is 25.9 Å². The third kappa shape index (κ3) is 5.81. The summed E-state index contributed by atoms with van der Waals surface area (Å²) in [7, 11) is 1.72. The Morgan fingerprint density at radius 2 is 1.79 bits per heavy atom. The van der Waals surface area contributed by atoms with E-state index in [4.69, 9.17) is 0 Å². The summed E-state index contributed by atoms with van der Waals surface area (Å²) in [6, 6.07) is 13.9. The van der Waals surface area contributed by atoms with Gasteiger partial charge in [-0.3, -0.25) is 9.79 Å². The van der Waals surface area contributed by atoms with Crippen molar-refractivity contribution in [1.82, 2.24) is 20.9 Å². The van der Waals surface area contributed by atoms with Crippen LogP contribution in [0.3, 0.4) is 0 Å². The lowest BCUT2D eigenvalue weighted by Gasteiger charge is -2.12. The van der Waals surface area contributed by atoms with Crippen molar-refractivity contribution < 1.29 is 9.18 Å². The molecule has 1 aromatic heterocycles. The lowest BCUT2D eigenvalue weighted by molar-refractivity contribution is 0.0953. The Labute approximate surface area is 169 Å². The van der Waals surface area contributed by atoms with Gasteiger partial charge in [0.25, 0.3) is 5.91 Å². The molecular weight excluding hydrogens is 369 g/mol. The first-order valence-electron chi connectivity index (χ1n) is 9.70. The van der Waals surface area contributed by atoms with Crippen molar-refractivity contribution in [3.63, 3.8) is 0 Å². The number of nitrogens with zero attached hydrogens (tertiary/aromatic N) is 1. The van der Waals surface area contributed by atoms with Crippen LogP contribution in [-0.4, -0.2) is 43.5 Å². The molecule has 1 heterocycles. The fourth-order valence-corrected chi connectivity index (χ4v) is 3.08. The van der Waals surface area contributed by atoms with Gasteiger partial charge in [0.15, 0.2) is 5.96 Å². The number of aromatic nitrogens is 1. The molecule has 2 aromatic carbocycles. The standard InChI is InChI=1S/C22H26FN5O/c1-24-22(26-12-5-11-25-21(29)16-6-3-2-4-7-16)27-13-10-17-15-28-20-9-8-18(23)14-19(17)20/h2-4,6-9,14-15,28H,5,10-13H2,1H3,(H,25,29)(H2,24,26,27). The number of H-pyrrole nitrogens is 1. The summed E-state index contributed by atoms with van der Waals surface area (Å²) in [5, 5.41) is 10.3. The SMILES string of the molecule is CN=C(NCCCNC(=O)c1ccccc1)NCCc1c[nH]c2ccc(F)cc12. The fourth-order valence-electron chi connectivity index (χ4n) is 3.08. The Bertz CT molecular complexity index is 968. The molecule has 29 heavy (non-hydrogen) atoms. The minimum atomic E-state index is -0.233. The van der Waals surface area contributed by atoms with Crippen LogP contribution in [0.4, 0.5) is 4.39 Å². The summed E-state index contributed by atoms with van der Waals surface area (Å²) < 4.78 is 13.5. The Morgan fingerprint density at radius 1 is 1.03 bits per heavy atom. The molecule has 7 heteroatoms. The molecule has 0 atom stereocenters. The van der Waals surface area contributed by atoms with Crippen LogP contribution in [0, 0.1) is 5.82 Å². The van der Waals surface area contributed by atoms with Gasteiger partial charge in [-0.1, -0.05) is 18.2 Å². The van der Waals surface area contributed by atoms with Gasteiger partial charge in [-0.15, -0.1) is 0 Å². The van der Waals surface area contributed by atoms with Crippen LogP contribution in [0.25, 0.3) is 10.9 Å². The number of aromatic amines is 1. The number of aliphatic imine (C=N–C) groups is 1. The van der Waals surface area contributed by atoms with Crippen molar-refractivity contribution >= 4 is 22.8 Å². The third-order valence-corrected chi connectivity index (χ3v) is 4.61. The summed E-state index contributed by atoms with van der Waals surface area (Å²) in [6.45, 7) is 1.94. The van der Waals surface area contributed by atoms with Crippen LogP contribution in [-0.2, 0) is 6.42 Å². The van der Waals surface area contributed by atoms with Crippen LogP contribution in [0.2, 0.25) is 0 Å². The maximum atomic E-state index is 13.5. The molecule has 0 fully saturated rings. The van der Waals surface area contributed by atoms with Crippen molar-refractivity contribution in [2.75, 3.05) is 26.7 Å². The zero-order valence-electron chi connectivity index (χ0n) is 16.5. The summed E-state index contributed by atoms with van der Waals surface area (Å²) in [6.07, 6.45) is 3.44. The molecule has 0 aliphatic carbocycles. The van der Waals surface area contributed by atoms with Gasteiger partial charge in [0.05, 0.1) is 0 Å². The van der Waals surface area contributed by atoms with Gasteiger partial charge in [0.2, 0.25) is 0 Å². The number of nitrogens with one attached hydrogen (secondary N) is 4. The molecule has 3 aromatic rings. The zero-order chi connectivity index (χ0) is 20.5. The van der Waals surface area contributed by atoms with Crippen molar-refractivity contribution in [2.24, 2.45) is 4.99 Å². The molecular formula is C22H26FN5O. The van der Waals surface area contributed by atoms with Gasteiger partial charge in [-0.25, -0.2) is 4.39 Å². The minimum Gasteiger partial charge on any atom is -0.361 e. The highest BCUT2D eigenvalue weighted by Gasteiger charge is 2.06. The second kappa shape index (κ2) is 10.3. The lowest BCUT2D eigenvalue weighted by Crippen LogP contribution is -2.39. The fraction of sp³-hybridized carbons (Fsp3) is 0.273. The molecule has 0 aliphatic heterocycles. The van der Waals surface area contributed by atoms with Gasteiger partial charge in [-0.2, -0.15) is 0 Å². The first kappa shape index (κ1) is 20.4. The number of guanidine groups is 1. The van der Waals surface area contributed by atoms with Crippen molar-refractivity contribution in [1.29, 1.82) is 0 Å². The molecule has 0 saturated heterocycles. The highest BCUT2D eigenvalue weighted by molar-refractivity contribution is 5.94. The quantitative estimate of drug-likeness (QED) is 0.269. The molecule has 3 rings (SSSR count). The molecule has 6 nitrogen and oxygen atoms in total. The van der Waals surface area contributed by atoms with Gasteiger partial charge >= 0.3 is 0 Å². The molecule has 1 amide bonds. The normalized spacial score (nSPS) is 11.4. The number of hydrogen-bond donors (Lipinski definition) is 4. The van der Waals surface area contributed by atoms with Gasteiger partial charge in [-0.05, 0) is 48.7 Å². The average molecular weight is 395 g/mol. The summed E-state index contributed by atoms with van der Waals surface area (Å²) in [4.78, 5) is 19.3. The first-order chi connectivity index (χ1) is 14.2. The minimum absolute atomic E-state index is 0.0664. The van der Waals surface area contributed by atoms with Crippen LogP contribution >= 0.6 is 0 Å². The van der Waals surface area contributed by atoms with Gasteiger partial charge in [0, 0.05) is 49.3 Å². The zero-order valence-corrected chi connectivity index (χ0v) is 16.5. The molecule has 152 valence electrons. The predicted octanol–water partition coefficient (Wildman–Crippen LogP) is 2.83. The number of halogens is 1. The van der Waals surface area contributed by atoms with E-state index < -0.39 is 0 Å². The molecule has 0 aliphatic rings. The van der Waals surface area contributed by atoms with Gasteiger partial charge < -0.3 is 20.9 Å². The Morgan fingerprint density at radius 3 is 2.59 bits per heavy atom. The van der Waals surface area contributed by atoms with E-state index in [1.54, 1.807) is 31.3 Å². The summed E-state index contributed by atoms with van der Waals surface area (Å²) in [5.74, 6) is 0.400. The second-order valence-electron chi connectivity index (χ2n) is 6.66. The highest BCUT2D eigenvalue weighted by atomic mass is 19.1. The molecule has 0 spiro atoms. The second-order valence-corrected chi connectivity index (χ2v) is 6.66. The molecule has 0 saturated carbocycles. The van der Waals surface area contributed by atoms with Gasteiger partial charge in [0.1, 0.15) is 5.82 Å². The molecule has 0 bridgehead atoms. The first-order valence-corrected chi connectivity index (χ1v) is 9.70. The smallest absolute Gasteiger partial charge is 0.251 e. The maximum Gasteiger partial charge on any atom is 0.251 e. The van der Waals surface area contributed by atoms with Crippen LogP contribution < -0.4 is 16.0 Å². The number of fused-ring (bicyclic) bond motifs is 1. The number of rotatable bonds is 8. The van der Waals surface area contributed by atoms with Crippen LogP contribution in [0.15, 0.2) is 59.7 Å². The van der Waals surface area contributed by atoms with Crippen molar-refractivity contribution in [2.45, 2.75) is 12.8 Å². The monoisotopic (exact) mass is 395 g/mol. The van der Waals surface area contributed by atoms with E-state index in [1.165, 1.54) is 6.07 Å². The summed E-state index contributed by atoms with van der Waals surface area (Å²) in [5.41, 5.74) is 2.66. The molecule has 0 unspecified atom stereocenters. The number of carbonyl (C=O) groups is 1. The summed E-state index contributed by atoms with van der Waals surface area (Å²) >= 11 is 0. The van der Waals surface area contributed by atoms with Crippen LogP contribution in [0.1, 0.15) is 22.3 Å². The van der Waals surface area contributed by atoms with Crippen LogP contribution in [0.5, 0.6) is 0 Å². The highest BCUT2D eigenvalue weighted by Crippen LogP contribution is 2.19. The Kier molecular flexibility index (Phi) is 7.22.